The highest BCUT2D eigenvalue weighted by Gasteiger charge is 2.21. The number of aliphatic imine (C=N–C) groups is 1. The van der Waals surface area contributed by atoms with E-state index in [0.29, 0.717) is 5.29 Å². The minimum absolute atomic E-state index is 0.231. The van der Waals surface area contributed by atoms with Crippen LogP contribution in [0.2, 0.25) is 0 Å². The van der Waals surface area contributed by atoms with E-state index in [1.807, 2.05) is 66.4 Å². The van der Waals surface area contributed by atoms with Gasteiger partial charge in [-0.1, -0.05) is 18.2 Å². The van der Waals surface area contributed by atoms with E-state index in [2.05, 4.69) is 10.3 Å². The van der Waals surface area contributed by atoms with Crippen LogP contribution in [0.3, 0.4) is 0 Å². The number of aryl methyl sites for hydroxylation is 1. The van der Waals surface area contributed by atoms with E-state index in [9.17, 15) is 0 Å². The molecule has 0 radical (unpaired) electrons. The Morgan fingerprint density at radius 1 is 1.23 bits per heavy atom. The maximum absolute atomic E-state index is 6.17. The van der Waals surface area contributed by atoms with E-state index < -0.39 is 0 Å². The predicted octanol–water partition coefficient (Wildman–Crippen LogP) is 4.05. The molecule has 1 aliphatic rings. The lowest BCUT2D eigenvalue weighted by atomic mass is 10.1. The molecule has 5 heteroatoms. The van der Waals surface area contributed by atoms with Crippen LogP contribution in [-0.4, -0.2) is 9.86 Å². The maximum atomic E-state index is 6.17. The number of benzene rings is 1. The zero-order valence-corrected chi connectivity index (χ0v) is 12.7. The Morgan fingerprint density at radius 2 is 2.09 bits per heavy atom. The van der Waals surface area contributed by atoms with Crippen LogP contribution in [-0.2, 0) is 7.05 Å². The summed E-state index contributed by atoms with van der Waals surface area (Å²) in [6.45, 7) is 0. The van der Waals surface area contributed by atoms with Crippen LogP contribution in [0.25, 0.3) is 16.7 Å². The molecule has 1 unspecified atom stereocenters. The van der Waals surface area contributed by atoms with Gasteiger partial charge in [0.05, 0.1) is 11.4 Å². The van der Waals surface area contributed by atoms with Crippen molar-refractivity contribution < 1.29 is 4.42 Å². The molecule has 1 aliphatic heterocycles. The summed E-state index contributed by atoms with van der Waals surface area (Å²) < 4.78 is 7.94. The predicted molar refractivity (Wildman–Crippen MR) is 88.8 cm³/mol. The molecule has 0 aliphatic carbocycles. The molecule has 0 spiro atoms. The van der Waals surface area contributed by atoms with Crippen molar-refractivity contribution in [3.8, 4) is 0 Å². The van der Waals surface area contributed by atoms with Gasteiger partial charge in [-0.05, 0) is 41.9 Å². The van der Waals surface area contributed by atoms with Crippen LogP contribution in [0, 0.1) is 0 Å². The molecule has 0 saturated heterocycles. The summed E-state index contributed by atoms with van der Waals surface area (Å²) in [5.74, 6) is 0.785. The van der Waals surface area contributed by atoms with E-state index in [1.54, 1.807) is 0 Å². The number of hydrogen-bond acceptors (Lipinski definition) is 3. The third-order valence-electron chi connectivity index (χ3n) is 3.77. The summed E-state index contributed by atoms with van der Waals surface area (Å²) >= 11 is 6.17. The van der Waals surface area contributed by atoms with E-state index in [4.69, 9.17) is 16.0 Å². The highest BCUT2D eigenvalue weighted by molar-refractivity contribution is 6.65. The van der Waals surface area contributed by atoms with Crippen molar-refractivity contribution in [3.05, 3.63) is 66.2 Å². The van der Waals surface area contributed by atoms with Gasteiger partial charge < -0.3 is 14.3 Å². The lowest BCUT2D eigenvalue weighted by Crippen LogP contribution is -2.23. The molecule has 3 heterocycles. The lowest BCUT2D eigenvalue weighted by molar-refractivity contribution is 0.530. The quantitative estimate of drug-likeness (QED) is 0.725. The van der Waals surface area contributed by atoms with Gasteiger partial charge in [0.2, 0.25) is 0 Å². The fraction of sp³-hybridized carbons (Fsp3) is 0.118. The second kappa shape index (κ2) is 5.07. The van der Waals surface area contributed by atoms with Crippen LogP contribution in [0.1, 0.15) is 17.5 Å². The van der Waals surface area contributed by atoms with Crippen molar-refractivity contribution >= 4 is 33.6 Å². The Bertz CT molecular complexity index is 870. The molecule has 0 saturated carbocycles. The zero-order valence-electron chi connectivity index (χ0n) is 12.0. The van der Waals surface area contributed by atoms with Crippen LogP contribution in [0.4, 0.5) is 0 Å². The standard InChI is InChI=1S/C17H14ClN3O/c1-21-8-4-6-14(21)12-10-13(20-17(18)19-12)16-9-11-5-2-3-7-15(11)22-16/h2-10,13H,1H3,(H,19,20). The Hall–Kier alpha value is -2.46. The number of furan rings is 1. The molecule has 0 bridgehead atoms. The van der Waals surface area contributed by atoms with E-state index in [1.165, 1.54) is 0 Å². The molecule has 0 amide bonds. The van der Waals surface area contributed by atoms with Gasteiger partial charge in [-0.25, -0.2) is 4.99 Å². The first-order valence-corrected chi connectivity index (χ1v) is 7.41. The Balaban J connectivity index is 1.78. The monoisotopic (exact) mass is 311 g/mol. The number of amidine groups is 1. The second-order valence-corrected chi connectivity index (χ2v) is 5.62. The molecule has 4 nitrogen and oxygen atoms in total. The van der Waals surface area contributed by atoms with Gasteiger partial charge in [0, 0.05) is 18.6 Å². The molecule has 1 atom stereocenters. The third-order valence-corrected chi connectivity index (χ3v) is 3.96. The Morgan fingerprint density at radius 3 is 2.86 bits per heavy atom. The van der Waals surface area contributed by atoms with Gasteiger partial charge in [-0.2, -0.15) is 0 Å². The zero-order chi connectivity index (χ0) is 15.1. The molecule has 0 fully saturated rings. The van der Waals surface area contributed by atoms with Crippen molar-refractivity contribution in [1.29, 1.82) is 0 Å². The van der Waals surface area contributed by atoms with Gasteiger partial charge in [0.1, 0.15) is 17.4 Å². The van der Waals surface area contributed by atoms with Gasteiger partial charge in [-0.15, -0.1) is 0 Å². The van der Waals surface area contributed by atoms with Gasteiger partial charge in [0.25, 0.3) is 0 Å². The Kier molecular flexibility index (Phi) is 3.05. The Labute approximate surface area is 132 Å². The normalized spacial score (nSPS) is 18.0. The highest BCUT2D eigenvalue weighted by atomic mass is 35.5. The molecular formula is C17H14ClN3O. The van der Waals surface area contributed by atoms with E-state index >= 15 is 0 Å². The smallest absolute Gasteiger partial charge is 0.196 e. The lowest BCUT2D eigenvalue weighted by Gasteiger charge is -2.18. The fourth-order valence-electron chi connectivity index (χ4n) is 2.69. The summed E-state index contributed by atoms with van der Waals surface area (Å²) in [6.07, 6.45) is 4.02. The van der Waals surface area contributed by atoms with E-state index in [-0.39, 0.29) is 6.04 Å². The topological polar surface area (TPSA) is 42.5 Å². The second-order valence-electron chi connectivity index (χ2n) is 5.26. The van der Waals surface area contributed by atoms with E-state index in [0.717, 1.165) is 28.1 Å². The molecular weight excluding hydrogens is 298 g/mol. The number of para-hydroxylation sites is 1. The van der Waals surface area contributed by atoms with Crippen molar-refractivity contribution in [3.63, 3.8) is 0 Å². The van der Waals surface area contributed by atoms with Crippen molar-refractivity contribution in [2.45, 2.75) is 6.04 Å². The average Bonchev–Trinajstić information content (AvgIpc) is 3.12. The SMILES string of the molecule is Cn1cccc1C1=CC(c2cc3ccccc3o2)N=C(Cl)N1. The maximum Gasteiger partial charge on any atom is 0.196 e. The minimum atomic E-state index is -0.231. The number of hydrogen-bond donors (Lipinski definition) is 1. The first kappa shape index (κ1) is 13.2. The summed E-state index contributed by atoms with van der Waals surface area (Å²) in [6, 6.07) is 13.7. The van der Waals surface area contributed by atoms with Gasteiger partial charge in [0.15, 0.2) is 5.29 Å². The highest BCUT2D eigenvalue weighted by Crippen LogP contribution is 2.31. The number of fused-ring (bicyclic) bond motifs is 1. The number of halogens is 1. The van der Waals surface area contributed by atoms with Gasteiger partial charge in [-0.3, -0.25) is 0 Å². The van der Waals surface area contributed by atoms with Crippen molar-refractivity contribution in [1.82, 2.24) is 9.88 Å². The van der Waals surface area contributed by atoms with Crippen LogP contribution >= 0.6 is 11.6 Å². The number of nitrogens with one attached hydrogen (secondary N) is 1. The fourth-order valence-corrected chi connectivity index (χ4v) is 2.89. The van der Waals surface area contributed by atoms with Crippen molar-refractivity contribution in [2.75, 3.05) is 0 Å². The molecule has 3 aromatic rings. The molecule has 110 valence electrons. The van der Waals surface area contributed by atoms with Crippen molar-refractivity contribution in [2.24, 2.45) is 12.0 Å². The molecule has 1 N–H and O–H groups in total. The minimum Gasteiger partial charge on any atom is -0.458 e. The third kappa shape index (κ3) is 2.22. The number of nitrogens with zero attached hydrogens (tertiary/aromatic N) is 2. The molecule has 1 aromatic carbocycles. The summed E-state index contributed by atoms with van der Waals surface area (Å²) in [5, 5.41) is 4.54. The van der Waals surface area contributed by atoms with Crippen LogP contribution in [0.15, 0.2) is 64.1 Å². The number of aromatic nitrogens is 1. The molecule has 4 rings (SSSR count). The number of rotatable bonds is 2. The average molecular weight is 312 g/mol. The summed E-state index contributed by atoms with van der Waals surface area (Å²) in [7, 11) is 1.99. The largest absolute Gasteiger partial charge is 0.458 e. The van der Waals surface area contributed by atoms with Gasteiger partial charge >= 0.3 is 0 Å². The molecule has 2 aromatic heterocycles. The first-order chi connectivity index (χ1) is 10.7. The summed E-state index contributed by atoms with van der Waals surface area (Å²) in [4.78, 5) is 4.43. The molecule has 22 heavy (non-hydrogen) atoms. The summed E-state index contributed by atoms with van der Waals surface area (Å²) in [5.41, 5.74) is 2.84. The van der Waals surface area contributed by atoms with Crippen LogP contribution < -0.4 is 5.32 Å². The first-order valence-electron chi connectivity index (χ1n) is 7.03. The van der Waals surface area contributed by atoms with Crippen LogP contribution in [0.5, 0.6) is 0 Å².